The molecule has 3 aromatic rings. The van der Waals surface area contributed by atoms with Crippen LogP contribution >= 0.6 is 0 Å². The van der Waals surface area contributed by atoms with Gasteiger partial charge in [0.1, 0.15) is 11.6 Å². The lowest BCUT2D eigenvalue weighted by atomic mass is 10.2. The van der Waals surface area contributed by atoms with Gasteiger partial charge in [-0.3, -0.25) is 0 Å². The summed E-state index contributed by atoms with van der Waals surface area (Å²) in [5.41, 5.74) is 1.43. The number of nitrogens with one attached hydrogen (secondary N) is 1. The first kappa shape index (κ1) is 17.6. The van der Waals surface area contributed by atoms with Crippen LogP contribution in [0, 0.1) is 5.82 Å². The van der Waals surface area contributed by atoms with Gasteiger partial charge in [0, 0.05) is 19.2 Å². The van der Waals surface area contributed by atoms with E-state index in [-0.39, 0.29) is 18.0 Å². The number of aryl methyl sites for hydroxylation is 2. The first-order chi connectivity index (χ1) is 12.1. The van der Waals surface area contributed by atoms with Crippen molar-refractivity contribution in [2.24, 2.45) is 0 Å². The van der Waals surface area contributed by atoms with Crippen LogP contribution in [0.3, 0.4) is 0 Å². The molecule has 0 fully saturated rings. The highest BCUT2D eigenvalue weighted by Crippen LogP contribution is 2.09. The van der Waals surface area contributed by atoms with E-state index in [4.69, 9.17) is 0 Å². The average Bonchev–Trinajstić information content (AvgIpc) is 3.01. The summed E-state index contributed by atoms with van der Waals surface area (Å²) in [6.07, 6.45) is 5.22. The third-order valence-corrected chi connectivity index (χ3v) is 5.40. The summed E-state index contributed by atoms with van der Waals surface area (Å²) in [4.78, 5) is 4.36. The number of rotatable bonds is 8. The van der Waals surface area contributed by atoms with Gasteiger partial charge in [0.15, 0.2) is 0 Å². The molecule has 1 aromatic carbocycles. The minimum Gasteiger partial charge on any atom is -0.304 e. The molecule has 0 amide bonds. The Morgan fingerprint density at radius 1 is 1.08 bits per heavy atom. The number of pyridine rings is 1. The van der Waals surface area contributed by atoms with Crippen LogP contribution in [0.25, 0.3) is 5.52 Å². The summed E-state index contributed by atoms with van der Waals surface area (Å²) >= 11 is 0. The quantitative estimate of drug-likeness (QED) is 0.627. The average molecular weight is 361 g/mol. The molecule has 0 bridgehead atoms. The van der Waals surface area contributed by atoms with E-state index in [0.717, 1.165) is 11.3 Å². The molecule has 0 radical (unpaired) electrons. The van der Waals surface area contributed by atoms with Crippen molar-refractivity contribution in [1.29, 1.82) is 0 Å². The second-order valence-electron chi connectivity index (χ2n) is 5.83. The summed E-state index contributed by atoms with van der Waals surface area (Å²) in [5, 5.41) is 0. The molecule has 0 aliphatic rings. The Hall–Kier alpha value is -2.25. The SMILES string of the molecule is O=S(=O)(CCc1ccccc1F)NCCCc1ncc2ccccn12. The van der Waals surface area contributed by atoms with Gasteiger partial charge in [-0.05, 0) is 36.6 Å². The minimum absolute atomic E-state index is 0.125. The fourth-order valence-electron chi connectivity index (χ4n) is 2.68. The lowest BCUT2D eigenvalue weighted by Crippen LogP contribution is -2.28. The fraction of sp³-hybridized carbons (Fsp3) is 0.278. The summed E-state index contributed by atoms with van der Waals surface area (Å²) in [6, 6.07) is 12.1. The van der Waals surface area contributed by atoms with Crippen molar-refractivity contribution in [3.05, 3.63) is 72.1 Å². The molecule has 25 heavy (non-hydrogen) atoms. The van der Waals surface area contributed by atoms with Crippen LogP contribution in [-0.4, -0.2) is 30.1 Å². The van der Waals surface area contributed by atoms with E-state index >= 15 is 0 Å². The van der Waals surface area contributed by atoms with Crippen molar-refractivity contribution in [3.63, 3.8) is 0 Å². The molecular formula is C18H20FN3O2S. The molecule has 3 rings (SSSR count). The van der Waals surface area contributed by atoms with Gasteiger partial charge < -0.3 is 4.40 Å². The van der Waals surface area contributed by atoms with Crippen LogP contribution < -0.4 is 4.72 Å². The molecule has 0 aliphatic heterocycles. The van der Waals surface area contributed by atoms with Crippen molar-refractivity contribution < 1.29 is 12.8 Å². The number of imidazole rings is 1. The Balaban J connectivity index is 1.47. The number of halogens is 1. The highest BCUT2D eigenvalue weighted by atomic mass is 32.2. The Labute approximate surface area is 146 Å². The predicted octanol–water partition coefficient (Wildman–Crippen LogP) is 2.57. The monoisotopic (exact) mass is 361 g/mol. The van der Waals surface area contributed by atoms with Crippen molar-refractivity contribution in [3.8, 4) is 0 Å². The maximum absolute atomic E-state index is 13.5. The first-order valence-corrected chi connectivity index (χ1v) is 9.82. The van der Waals surface area contributed by atoms with E-state index in [9.17, 15) is 12.8 Å². The number of hydrogen-bond donors (Lipinski definition) is 1. The van der Waals surface area contributed by atoms with Crippen LogP contribution in [0.4, 0.5) is 4.39 Å². The van der Waals surface area contributed by atoms with Gasteiger partial charge in [-0.2, -0.15) is 0 Å². The van der Waals surface area contributed by atoms with E-state index in [0.29, 0.717) is 24.9 Å². The van der Waals surface area contributed by atoms with Crippen LogP contribution in [0.15, 0.2) is 54.9 Å². The molecule has 1 N–H and O–H groups in total. The second kappa shape index (κ2) is 7.76. The molecule has 0 saturated heterocycles. The van der Waals surface area contributed by atoms with Crippen molar-refractivity contribution >= 4 is 15.5 Å². The maximum atomic E-state index is 13.5. The highest BCUT2D eigenvalue weighted by molar-refractivity contribution is 7.89. The molecule has 0 unspecified atom stereocenters. The number of nitrogens with zero attached hydrogens (tertiary/aromatic N) is 2. The zero-order chi connectivity index (χ0) is 17.7. The van der Waals surface area contributed by atoms with Crippen LogP contribution in [-0.2, 0) is 22.9 Å². The normalized spacial score (nSPS) is 11.9. The third-order valence-electron chi connectivity index (χ3n) is 4.01. The summed E-state index contributed by atoms with van der Waals surface area (Å²) in [5.74, 6) is 0.408. The lowest BCUT2D eigenvalue weighted by Gasteiger charge is -2.07. The topological polar surface area (TPSA) is 63.5 Å². The summed E-state index contributed by atoms with van der Waals surface area (Å²) in [6.45, 7) is 0.335. The molecular weight excluding hydrogens is 341 g/mol. The van der Waals surface area contributed by atoms with Gasteiger partial charge in [-0.15, -0.1) is 0 Å². The Morgan fingerprint density at radius 2 is 1.88 bits per heavy atom. The number of benzene rings is 1. The highest BCUT2D eigenvalue weighted by Gasteiger charge is 2.12. The molecule has 0 spiro atoms. The second-order valence-corrected chi connectivity index (χ2v) is 7.75. The van der Waals surface area contributed by atoms with Gasteiger partial charge >= 0.3 is 0 Å². The van der Waals surface area contributed by atoms with Crippen LogP contribution in [0.2, 0.25) is 0 Å². The van der Waals surface area contributed by atoms with E-state index < -0.39 is 10.0 Å². The minimum atomic E-state index is -3.42. The molecule has 0 saturated carbocycles. The van der Waals surface area contributed by atoms with Gasteiger partial charge in [0.05, 0.1) is 17.5 Å². The third kappa shape index (κ3) is 4.64. The lowest BCUT2D eigenvalue weighted by molar-refractivity contribution is 0.575. The van der Waals surface area contributed by atoms with E-state index in [1.807, 2.05) is 28.8 Å². The van der Waals surface area contributed by atoms with Crippen LogP contribution in [0.5, 0.6) is 0 Å². The zero-order valence-corrected chi connectivity index (χ0v) is 14.5. The Morgan fingerprint density at radius 3 is 2.72 bits per heavy atom. The Kier molecular flexibility index (Phi) is 5.45. The molecule has 0 atom stereocenters. The van der Waals surface area contributed by atoms with E-state index in [2.05, 4.69) is 9.71 Å². The van der Waals surface area contributed by atoms with Crippen LogP contribution in [0.1, 0.15) is 17.8 Å². The van der Waals surface area contributed by atoms with Gasteiger partial charge in [-0.1, -0.05) is 24.3 Å². The number of aromatic nitrogens is 2. The number of fused-ring (bicyclic) bond motifs is 1. The van der Waals surface area contributed by atoms with Crippen molar-refractivity contribution in [1.82, 2.24) is 14.1 Å². The molecule has 132 valence electrons. The maximum Gasteiger partial charge on any atom is 0.211 e. The zero-order valence-electron chi connectivity index (χ0n) is 13.7. The molecule has 2 heterocycles. The molecule has 5 nitrogen and oxygen atoms in total. The molecule has 0 aliphatic carbocycles. The summed E-state index contributed by atoms with van der Waals surface area (Å²) < 4.78 is 42.2. The standard InChI is InChI=1S/C18H20FN3O2S/c19-17-8-2-1-6-15(17)10-13-25(23,24)21-11-5-9-18-20-14-16-7-3-4-12-22(16)18/h1-4,6-8,12,14,21H,5,9-11,13H2. The van der Waals surface area contributed by atoms with E-state index in [1.165, 1.54) is 6.07 Å². The van der Waals surface area contributed by atoms with Crippen molar-refractivity contribution in [2.45, 2.75) is 19.3 Å². The first-order valence-electron chi connectivity index (χ1n) is 8.17. The Bertz CT molecular complexity index is 954. The fourth-order valence-corrected chi connectivity index (χ4v) is 3.76. The predicted molar refractivity (Wildman–Crippen MR) is 95.4 cm³/mol. The largest absolute Gasteiger partial charge is 0.304 e. The van der Waals surface area contributed by atoms with E-state index in [1.54, 1.807) is 24.4 Å². The van der Waals surface area contributed by atoms with Gasteiger partial charge in [0.2, 0.25) is 10.0 Å². The summed E-state index contributed by atoms with van der Waals surface area (Å²) in [7, 11) is -3.42. The van der Waals surface area contributed by atoms with Gasteiger partial charge in [-0.25, -0.2) is 22.5 Å². The molecule has 7 heteroatoms. The number of hydrogen-bond acceptors (Lipinski definition) is 3. The smallest absolute Gasteiger partial charge is 0.211 e. The molecule has 2 aromatic heterocycles. The van der Waals surface area contributed by atoms with Crippen molar-refractivity contribution in [2.75, 3.05) is 12.3 Å². The van der Waals surface area contributed by atoms with Gasteiger partial charge in [0.25, 0.3) is 0 Å². The number of sulfonamides is 1.